The van der Waals surface area contributed by atoms with Crippen molar-refractivity contribution in [2.24, 2.45) is 0 Å². The van der Waals surface area contributed by atoms with E-state index in [2.05, 4.69) is 4.72 Å². The van der Waals surface area contributed by atoms with Crippen LogP contribution in [0.15, 0.2) is 29.2 Å². The Morgan fingerprint density at radius 1 is 1.20 bits per heavy atom. The fourth-order valence-electron chi connectivity index (χ4n) is 1.04. The molecule has 1 aromatic carbocycles. The summed E-state index contributed by atoms with van der Waals surface area (Å²) in [6.07, 6.45) is 0.797. The van der Waals surface area contributed by atoms with Gasteiger partial charge in [-0.3, -0.25) is 0 Å². The number of hydrogen-bond acceptors (Lipinski definition) is 2. The second kappa shape index (κ2) is 6.66. The molecule has 15 heavy (non-hydrogen) atoms. The topological polar surface area (TPSA) is 46.2 Å². The van der Waals surface area contributed by atoms with Crippen LogP contribution in [0.25, 0.3) is 0 Å². The molecule has 1 radical (unpaired) electrons. The molecule has 0 heterocycles. The number of hydrogen-bond donors (Lipinski definition) is 1. The number of sulfonamides is 1. The Bertz CT molecular complexity index is 386. The third-order valence-corrected chi connectivity index (χ3v) is 3.35. The van der Waals surface area contributed by atoms with Gasteiger partial charge in [-0.25, -0.2) is 13.1 Å². The zero-order valence-electron chi connectivity index (χ0n) is 9.45. The van der Waals surface area contributed by atoms with Crippen LogP contribution in [-0.2, 0) is 10.0 Å². The molecule has 1 N–H and O–H groups in total. The second-order valence-corrected chi connectivity index (χ2v) is 4.98. The Morgan fingerprint density at radius 3 is 2.20 bits per heavy atom. The van der Waals surface area contributed by atoms with Crippen LogP contribution in [0.4, 0.5) is 0 Å². The van der Waals surface area contributed by atoms with Crippen LogP contribution in [0.1, 0.15) is 18.9 Å². The van der Waals surface area contributed by atoms with Crippen LogP contribution in [0.3, 0.4) is 0 Å². The van der Waals surface area contributed by atoms with Crippen molar-refractivity contribution in [3.8, 4) is 0 Å². The SMILES string of the molecule is CCCNS(=O)(=O)c1ccc(C)cc1.[Na]. The van der Waals surface area contributed by atoms with Crippen LogP contribution >= 0.6 is 0 Å². The summed E-state index contributed by atoms with van der Waals surface area (Å²) >= 11 is 0. The summed E-state index contributed by atoms with van der Waals surface area (Å²) in [4.78, 5) is 0.330. The van der Waals surface area contributed by atoms with E-state index >= 15 is 0 Å². The molecule has 79 valence electrons. The average molecular weight is 236 g/mol. The molecule has 0 amide bonds. The smallest absolute Gasteiger partial charge is 0.211 e. The van der Waals surface area contributed by atoms with Gasteiger partial charge in [0.15, 0.2) is 0 Å². The average Bonchev–Trinajstić information content (AvgIpc) is 2.16. The van der Waals surface area contributed by atoms with E-state index in [1.807, 2.05) is 13.8 Å². The van der Waals surface area contributed by atoms with Crippen LogP contribution in [0.2, 0.25) is 0 Å². The number of nitrogens with one attached hydrogen (secondary N) is 1. The molecule has 1 aromatic rings. The second-order valence-electron chi connectivity index (χ2n) is 3.21. The van der Waals surface area contributed by atoms with Gasteiger partial charge in [0.1, 0.15) is 0 Å². The zero-order valence-corrected chi connectivity index (χ0v) is 12.3. The molecule has 0 saturated heterocycles. The Morgan fingerprint density at radius 2 is 1.73 bits per heavy atom. The van der Waals surface area contributed by atoms with Crippen molar-refractivity contribution in [3.63, 3.8) is 0 Å². The molecule has 0 unspecified atom stereocenters. The van der Waals surface area contributed by atoms with E-state index in [1.54, 1.807) is 24.3 Å². The van der Waals surface area contributed by atoms with Crippen molar-refractivity contribution in [2.75, 3.05) is 6.54 Å². The standard InChI is InChI=1S/C10H15NO2S.Na/c1-3-8-11-14(12,13)10-6-4-9(2)5-7-10;/h4-7,11H,3,8H2,1-2H3;. The third-order valence-electron chi connectivity index (χ3n) is 1.87. The molecule has 0 bridgehead atoms. The van der Waals surface area contributed by atoms with Crippen molar-refractivity contribution >= 4 is 39.6 Å². The molecule has 0 aliphatic heterocycles. The van der Waals surface area contributed by atoms with Gasteiger partial charge in [-0.2, -0.15) is 0 Å². The van der Waals surface area contributed by atoms with E-state index in [0.717, 1.165) is 12.0 Å². The molecule has 0 aliphatic rings. The van der Waals surface area contributed by atoms with Gasteiger partial charge in [0, 0.05) is 36.1 Å². The monoisotopic (exact) mass is 236 g/mol. The number of rotatable bonds is 4. The Balaban J connectivity index is 0.00000196. The normalized spacial score (nSPS) is 10.8. The van der Waals surface area contributed by atoms with Gasteiger partial charge in [-0.15, -0.1) is 0 Å². The van der Waals surface area contributed by atoms with Crippen molar-refractivity contribution in [1.29, 1.82) is 0 Å². The Kier molecular flexibility index (Phi) is 6.71. The van der Waals surface area contributed by atoms with Gasteiger partial charge in [-0.05, 0) is 25.5 Å². The van der Waals surface area contributed by atoms with E-state index < -0.39 is 10.0 Å². The predicted molar refractivity (Wildman–Crippen MR) is 62.4 cm³/mol. The van der Waals surface area contributed by atoms with Crippen molar-refractivity contribution in [1.82, 2.24) is 4.72 Å². The van der Waals surface area contributed by atoms with Crippen molar-refractivity contribution < 1.29 is 8.42 Å². The summed E-state index contributed by atoms with van der Waals surface area (Å²) in [5.74, 6) is 0. The van der Waals surface area contributed by atoms with Gasteiger partial charge in [0.05, 0.1) is 4.90 Å². The van der Waals surface area contributed by atoms with Gasteiger partial charge in [0.25, 0.3) is 0 Å². The van der Waals surface area contributed by atoms with Crippen LogP contribution in [0, 0.1) is 6.92 Å². The van der Waals surface area contributed by atoms with E-state index in [-0.39, 0.29) is 29.6 Å². The van der Waals surface area contributed by atoms with E-state index in [1.165, 1.54) is 0 Å². The number of aryl methyl sites for hydroxylation is 1. The molecule has 0 fully saturated rings. The maximum Gasteiger partial charge on any atom is 0.240 e. The van der Waals surface area contributed by atoms with E-state index in [9.17, 15) is 8.42 Å². The summed E-state index contributed by atoms with van der Waals surface area (Å²) < 4.78 is 25.7. The van der Waals surface area contributed by atoms with E-state index in [4.69, 9.17) is 0 Å². The summed E-state index contributed by atoms with van der Waals surface area (Å²) in [5, 5.41) is 0. The molecular weight excluding hydrogens is 221 g/mol. The van der Waals surface area contributed by atoms with Gasteiger partial charge in [0.2, 0.25) is 10.0 Å². The summed E-state index contributed by atoms with van der Waals surface area (Å²) in [7, 11) is -3.29. The summed E-state index contributed by atoms with van der Waals surface area (Å²) in [6, 6.07) is 6.82. The molecule has 5 heteroatoms. The zero-order chi connectivity index (χ0) is 10.6. The van der Waals surface area contributed by atoms with Gasteiger partial charge in [-0.1, -0.05) is 24.6 Å². The summed E-state index contributed by atoms with van der Waals surface area (Å²) in [6.45, 7) is 4.34. The van der Waals surface area contributed by atoms with E-state index in [0.29, 0.717) is 11.4 Å². The number of benzene rings is 1. The first-order valence-electron chi connectivity index (χ1n) is 4.62. The molecule has 0 spiro atoms. The maximum absolute atomic E-state index is 11.6. The first kappa shape index (κ1) is 15.1. The van der Waals surface area contributed by atoms with Crippen LogP contribution in [-0.4, -0.2) is 44.5 Å². The quantitative estimate of drug-likeness (QED) is 0.801. The first-order valence-corrected chi connectivity index (χ1v) is 6.11. The minimum Gasteiger partial charge on any atom is -0.211 e. The third kappa shape index (κ3) is 4.66. The minimum absolute atomic E-state index is 0. The summed E-state index contributed by atoms with van der Waals surface area (Å²) in [5.41, 5.74) is 1.06. The van der Waals surface area contributed by atoms with Crippen molar-refractivity contribution in [2.45, 2.75) is 25.2 Å². The fraction of sp³-hybridized carbons (Fsp3) is 0.400. The molecule has 0 aliphatic carbocycles. The Labute approximate surface area is 114 Å². The largest absolute Gasteiger partial charge is 0.240 e. The first-order chi connectivity index (χ1) is 6.56. The molecule has 3 nitrogen and oxygen atoms in total. The Hall–Kier alpha value is 0.130. The molecule has 1 rings (SSSR count). The fourth-order valence-corrected chi connectivity index (χ4v) is 2.17. The van der Waals surface area contributed by atoms with Crippen molar-refractivity contribution in [3.05, 3.63) is 29.8 Å². The van der Waals surface area contributed by atoms with Gasteiger partial charge < -0.3 is 0 Å². The molecular formula is C10H15NNaO2S. The molecule has 0 atom stereocenters. The van der Waals surface area contributed by atoms with Crippen LogP contribution < -0.4 is 4.72 Å². The molecule has 0 saturated carbocycles. The van der Waals surface area contributed by atoms with Gasteiger partial charge >= 0.3 is 0 Å². The minimum atomic E-state index is -3.29. The maximum atomic E-state index is 11.6. The van der Waals surface area contributed by atoms with Crippen LogP contribution in [0.5, 0.6) is 0 Å². The molecule has 0 aromatic heterocycles. The predicted octanol–water partition coefficient (Wildman–Crippen LogP) is 1.30.